The predicted octanol–water partition coefficient (Wildman–Crippen LogP) is 1.91. The van der Waals surface area contributed by atoms with Gasteiger partial charge in [0.15, 0.2) is 0 Å². The molecule has 0 N–H and O–H groups in total. The van der Waals surface area contributed by atoms with Crippen molar-refractivity contribution in [2.45, 2.75) is 58.5 Å². The van der Waals surface area contributed by atoms with Crippen LogP contribution in [0.1, 0.15) is 46.0 Å². The molecule has 1 aromatic rings. The minimum Gasteiger partial charge on any atom is -0.342 e. The highest BCUT2D eigenvalue weighted by Gasteiger charge is 2.49. The van der Waals surface area contributed by atoms with Gasteiger partial charge in [-0.15, -0.1) is 0 Å². The molecule has 0 radical (unpaired) electrons. The maximum absolute atomic E-state index is 12.9. The number of hydrogen-bond acceptors (Lipinski definition) is 3. The maximum atomic E-state index is 12.9. The zero-order chi connectivity index (χ0) is 17.2. The first kappa shape index (κ1) is 17.0. The molecule has 24 heavy (non-hydrogen) atoms. The van der Waals surface area contributed by atoms with Crippen LogP contribution in [0.3, 0.4) is 0 Å². The number of aromatic nitrogens is 2. The van der Waals surface area contributed by atoms with E-state index >= 15 is 0 Å². The van der Waals surface area contributed by atoms with Crippen LogP contribution in [-0.2, 0) is 16.1 Å². The van der Waals surface area contributed by atoms with E-state index in [1.807, 2.05) is 26.7 Å². The van der Waals surface area contributed by atoms with Gasteiger partial charge in [-0.05, 0) is 45.6 Å². The summed E-state index contributed by atoms with van der Waals surface area (Å²) in [5.41, 5.74) is -0.319. The third-order valence-corrected chi connectivity index (χ3v) is 5.44. The van der Waals surface area contributed by atoms with Gasteiger partial charge in [-0.1, -0.05) is 0 Å². The number of carbonyl (C=O) groups excluding carboxylic acids is 2. The lowest BCUT2D eigenvalue weighted by Crippen LogP contribution is -2.52. The molecule has 0 aliphatic carbocycles. The molecule has 6 heteroatoms. The number of aryl methyl sites for hydroxylation is 1. The zero-order valence-corrected chi connectivity index (χ0v) is 14.8. The number of hydrogen-bond donors (Lipinski definition) is 0. The number of piperidine rings is 1. The molecule has 2 aliphatic heterocycles. The van der Waals surface area contributed by atoms with E-state index in [0.29, 0.717) is 13.0 Å². The fourth-order valence-electron chi connectivity index (χ4n) is 4.04. The molecule has 1 aromatic heterocycles. The first-order chi connectivity index (χ1) is 11.5. The van der Waals surface area contributed by atoms with Gasteiger partial charge in [0.1, 0.15) is 0 Å². The molecule has 1 spiro atoms. The number of carbonyl (C=O) groups is 2. The van der Waals surface area contributed by atoms with Crippen LogP contribution in [0.4, 0.5) is 0 Å². The van der Waals surface area contributed by atoms with Crippen molar-refractivity contribution in [3.8, 4) is 0 Å². The summed E-state index contributed by atoms with van der Waals surface area (Å²) in [6.45, 7) is 7.09. The summed E-state index contributed by atoms with van der Waals surface area (Å²) in [4.78, 5) is 29.3. The lowest BCUT2D eigenvalue weighted by atomic mass is 9.78. The van der Waals surface area contributed by atoms with Gasteiger partial charge in [-0.25, -0.2) is 0 Å². The molecular weight excluding hydrogens is 304 g/mol. The van der Waals surface area contributed by atoms with Gasteiger partial charge in [0.2, 0.25) is 11.8 Å². The Balaban J connectivity index is 1.54. The van der Waals surface area contributed by atoms with E-state index in [-0.39, 0.29) is 23.3 Å². The van der Waals surface area contributed by atoms with Crippen molar-refractivity contribution in [3.63, 3.8) is 0 Å². The average Bonchev–Trinajstić information content (AvgIpc) is 3.20. The van der Waals surface area contributed by atoms with E-state index in [4.69, 9.17) is 0 Å². The van der Waals surface area contributed by atoms with Crippen molar-refractivity contribution in [1.82, 2.24) is 19.6 Å². The summed E-state index contributed by atoms with van der Waals surface area (Å²) in [6, 6.07) is 2.13. The molecule has 132 valence electrons. The van der Waals surface area contributed by atoms with Crippen LogP contribution < -0.4 is 0 Å². The van der Waals surface area contributed by atoms with E-state index in [1.54, 1.807) is 6.20 Å². The van der Waals surface area contributed by atoms with Crippen LogP contribution in [0.25, 0.3) is 0 Å². The van der Waals surface area contributed by atoms with Crippen LogP contribution in [0.5, 0.6) is 0 Å². The van der Waals surface area contributed by atoms with E-state index in [1.165, 1.54) is 0 Å². The van der Waals surface area contributed by atoms with E-state index < -0.39 is 0 Å². The Bertz CT molecular complexity index is 584. The van der Waals surface area contributed by atoms with Crippen LogP contribution in [0.2, 0.25) is 0 Å². The fraction of sp³-hybridized carbons (Fsp3) is 0.722. The van der Waals surface area contributed by atoms with Gasteiger partial charge in [0, 0.05) is 51.0 Å². The van der Waals surface area contributed by atoms with Crippen molar-refractivity contribution >= 4 is 11.8 Å². The summed E-state index contributed by atoms with van der Waals surface area (Å²) in [5, 5.41) is 4.16. The largest absolute Gasteiger partial charge is 0.342 e. The van der Waals surface area contributed by atoms with Crippen LogP contribution in [0.15, 0.2) is 18.5 Å². The molecule has 3 rings (SSSR count). The molecule has 2 amide bonds. The van der Waals surface area contributed by atoms with Crippen LogP contribution in [-0.4, -0.2) is 57.1 Å². The molecule has 2 aliphatic rings. The van der Waals surface area contributed by atoms with Crippen LogP contribution >= 0.6 is 0 Å². The van der Waals surface area contributed by atoms with E-state index in [2.05, 4.69) is 18.9 Å². The Kier molecular flexibility index (Phi) is 4.92. The van der Waals surface area contributed by atoms with E-state index in [0.717, 1.165) is 45.3 Å². The number of nitrogens with zero attached hydrogens (tertiary/aromatic N) is 4. The molecular formula is C18H28N4O2. The van der Waals surface area contributed by atoms with Crippen molar-refractivity contribution in [2.75, 3.05) is 19.6 Å². The highest BCUT2D eigenvalue weighted by Crippen LogP contribution is 2.40. The van der Waals surface area contributed by atoms with Gasteiger partial charge >= 0.3 is 0 Å². The van der Waals surface area contributed by atoms with Gasteiger partial charge in [-0.3, -0.25) is 14.3 Å². The Morgan fingerprint density at radius 1 is 1.33 bits per heavy atom. The minimum atomic E-state index is -0.319. The lowest BCUT2D eigenvalue weighted by molar-refractivity contribution is -0.148. The first-order valence-corrected chi connectivity index (χ1v) is 9.08. The highest BCUT2D eigenvalue weighted by atomic mass is 16.2. The highest BCUT2D eigenvalue weighted by molar-refractivity contribution is 5.86. The SMILES string of the molecule is CC(C)N1CCC[C@]2(CCN(C(=O)CCCn3cccn3)C2)C1=O. The Labute approximate surface area is 143 Å². The van der Waals surface area contributed by atoms with E-state index in [9.17, 15) is 9.59 Å². The van der Waals surface area contributed by atoms with Gasteiger partial charge < -0.3 is 9.80 Å². The average molecular weight is 332 g/mol. The predicted molar refractivity (Wildman–Crippen MR) is 91.2 cm³/mol. The molecule has 0 aromatic carbocycles. The number of amides is 2. The third kappa shape index (κ3) is 3.32. The quantitative estimate of drug-likeness (QED) is 0.828. The molecule has 2 saturated heterocycles. The second kappa shape index (κ2) is 6.95. The van der Waals surface area contributed by atoms with Crippen molar-refractivity contribution in [1.29, 1.82) is 0 Å². The standard InChI is InChI=1S/C18H28N4O2/c1-15(2)22-12-4-7-18(17(22)24)8-13-20(14-18)16(23)6-3-10-21-11-5-9-19-21/h5,9,11,15H,3-4,6-8,10,12-14H2,1-2H3/t18-/m1/s1. The summed E-state index contributed by atoms with van der Waals surface area (Å²) in [5.74, 6) is 0.434. The van der Waals surface area contributed by atoms with Crippen LogP contribution in [0, 0.1) is 5.41 Å². The Morgan fingerprint density at radius 2 is 2.17 bits per heavy atom. The normalized spacial score (nSPS) is 24.4. The van der Waals surface area contributed by atoms with Gasteiger partial charge in [0.05, 0.1) is 5.41 Å². The number of rotatable bonds is 5. The molecule has 0 unspecified atom stereocenters. The Hall–Kier alpha value is -1.85. The smallest absolute Gasteiger partial charge is 0.230 e. The molecule has 3 heterocycles. The maximum Gasteiger partial charge on any atom is 0.230 e. The monoisotopic (exact) mass is 332 g/mol. The third-order valence-electron chi connectivity index (χ3n) is 5.44. The summed E-state index contributed by atoms with van der Waals surface area (Å²) in [6.07, 6.45) is 7.77. The van der Waals surface area contributed by atoms with Gasteiger partial charge in [0.25, 0.3) is 0 Å². The number of likely N-dealkylation sites (tertiary alicyclic amines) is 2. The van der Waals surface area contributed by atoms with Crippen molar-refractivity contribution < 1.29 is 9.59 Å². The second-order valence-corrected chi connectivity index (χ2v) is 7.41. The fourth-order valence-corrected chi connectivity index (χ4v) is 4.04. The molecule has 0 bridgehead atoms. The van der Waals surface area contributed by atoms with Gasteiger partial charge in [-0.2, -0.15) is 5.10 Å². The Morgan fingerprint density at radius 3 is 2.88 bits per heavy atom. The summed E-state index contributed by atoms with van der Waals surface area (Å²) in [7, 11) is 0. The molecule has 0 saturated carbocycles. The van der Waals surface area contributed by atoms with Crippen molar-refractivity contribution in [2.24, 2.45) is 5.41 Å². The second-order valence-electron chi connectivity index (χ2n) is 7.41. The minimum absolute atomic E-state index is 0.175. The zero-order valence-electron chi connectivity index (χ0n) is 14.8. The first-order valence-electron chi connectivity index (χ1n) is 9.08. The summed E-state index contributed by atoms with van der Waals surface area (Å²) >= 11 is 0. The molecule has 1 atom stereocenters. The lowest BCUT2D eigenvalue weighted by Gasteiger charge is -2.41. The molecule has 6 nitrogen and oxygen atoms in total. The van der Waals surface area contributed by atoms with Crippen molar-refractivity contribution in [3.05, 3.63) is 18.5 Å². The topological polar surface area (TPSA) is 58.4 Å². The summed E-state index contributed by atoms with van der Waals surface area (Å²) < 4.78 is 1.85. The molecule has 2 fully saturated rings.